The second-order valence-corrected chi connectivity index (χ2v) is 13.5. The zero-order valence-electron chi connectivity index (χ0n) is 19.2. The van der Waals surface area contributed by atoms with Crippen molar-refractivity contribution in [2.45, 2.75) is 44.8 Å². The minimum Gasteiger partial charge on any atom is -0.475 e. The van der Waals surface area contributed by atoms with Gasteiger partial charge in [0.2, 0.25) is 5.88 Å². The SMILES string of the molecule is CCC1C[C@H](OCc2ccccc2)[C@H](Nn2cnc3c(OCCS(C)(C)C)ncnc32)O1. The van der Waals surface area contributed by atoms with Crippen LogP contribution in [0.2, 0.25) is 0 Å². The Bertz CT molecular complexity index is 1010. The first-order valence-electron chi connectivity index (χ1n) is 11.0. The lowest BCUT2D eigenvalue weighted by atomic mass is 10.1. The van der Waals surface area contributed by atoms with Gasteiger partial charge in [0.25, 0.3) is 0 Å². The van der Waals surface area contributed by atoms with Gasteiger partial charge in [0, 0.05) is 12.2 Å². The summed E-state index contributed by atoms with van der Waals surface area (Å²) in [6.07, 6.45) is 11.6. The fourth-order valence-corrected chi connectivity index (χ4v) is 4.16. The van der Waals surface area contributed by atoms with Crippen LogP contribution in [0.25, 0.3) is 11.2 Å². The Morgan fingerprint density at radius 3 is 2.72 bits per heavy atom. The van der Waals surface area contributed by atoms with Crippen molar-refractivity contribution in [1.29, 1.82) is 0 Å². The van der Waals surface area contributed by atoms with Gasteiger partial charge in [-0.25, -0.2) is 24.7 Å². The molecular formula is C23H33N5O3S. The van der Waals surface area contributed by atoms with Gasteiger partial charge in [-0.3, -0.25) is 5.43 Å². The van der Waals surface area contributed by atoms with Crippen LogP contribution in [0.3, 0.4) is 0 Å². The van der Waals surface area contributed by atoms with E-state index >= 15 is 0 Å². The summed E-state index contributed by atoms with van der Waals surface area (Å²) in [5.74, 6) is 1.52. The van der Waals surface area contributed by atoms with E-state index in [0.717, 1.165) is 24.2 Å². The summed E-state index contributed by atoms with van der Waals surface area (Å²) in [5.41, 5.74) is 5.82. The Morgan fingerprint density at radius 2 is 1.97 bits per heavy atom. The van der Waals surface area contributed by atoms with Crippen LogP contribution in [0.15, 0.2) is 43.0 Å². The summed E-state index contributed by atoms with van der Waals surface area (Å²) in [5, 5.41) is 0. The summed E-state index contributed by atoms with van der Waals surface area (Å²) in [6.45, 7) is 3.29. The number of rotatable bonds is 10. The lowest BCUT2D eigenvalue weighted by molar-refractivity contribution is -0.0209. The predicted octanol–water partition coefficient (Wildman–Crippen LogP) is 3.55. The number of imidazole rings is 1. The largest absolute Gasteiger partial charge is 0.475 e. The van der Waals surface area contributed by atoms with Crippen LogP contribution in [0.1, 0.15) is 25.3 Å². The molecule has 3 heterocycles. The highest BCUT2D eigenvalue weighted by molar-refractivity contribution is 8.32. The second-order valence-electron chi connectivity index (χ2n) is 8.90. The van der Waals surface area contributed by atoms with Crippen molar-refractivity contribution in [3.63, 3.8) is 0 Å². The van der Waals surface area contributed by atoms with E-state index in [1.54, 1.807) is 11.0 Å². The molecule has 1 fully saturated rings. The van der Waals surface area contributed by atoms with E-state index in [4.69, 9.17) is 14.2 Å². The average Bonchev–Trinajstić information content (AvgIpc) is 3.37. The number of nitrogens with one attached hydrogen (secondary N) is 1. The molecule has 4 rings (SSSR count). The second kappa shape index (κ2) is 10.1. The third-order valence-electron chi connectivity index (χ3n) is 5.43. The molecule has 2 aromatic heterocycles. The van der Waals surface area contributed by atoms with Gasteiger partial charge in [-0.2, -0.15) is 4.98 Å². The molecule has 1 N–H and O–H groups in total. The van der Waals surface area contributed by atoms with Crippen molar-refractivity contribution in [2.24, 2.45) is 0 Å². The summed E-state index contributed by atoms with van der Waals surface area (Å²) in [7, 11) is -0.634. The van der Waals surface area contributed by atoms with Gasteiger partial charge in [0.05, 0.1) is 19.3 Å². The van der Waals surface area contributed by atoms with Crippen molar-refractivity contribution >= 4 is 21.2 Å². The predicted molar refractivity (Wildman–Crippen MR) is 129 cm³/mol. The van der Waals surface area contributed by atoms with E-state index in [9.17, 15) is 0 Å². The Balaban J connectivity index is 1.45. The van der Waals surface area contributed by atoms with E-state index < -0.39 is 10.0 Å². The maximum atomic E-state index is 6.23. The van der Waals surface area contributed by atoms with Crippen molar-refractivity contribution in [1.82, 2.24) is 19.6 Å². The number of benzene rings is 1. The molecule has 8 nitrogen and oxygen atoms in total. The zero-order valence-corrected chi connectivity index (χ0v) is 20.0. The monoisotopic (exact) mass is 459 g/mol. The average molecular weight is 460 g/mol. The molecular weight excluding hydrogens is 426 g/mol. The Morgan fingerprint density at radius 1 is 1.16 bits per heavy atom. The molecule has 0 aliphatic carbocycles. The Labute approximate surface area is 191 Å². The molecule has 1 aliphatic rings. The summed E-state index contributed by atoms with van der Waals surface area (Å²) < 4.78 is 20.1. The summed E-state index contributed by atoms with van der Waals surface area (Å²) in [6, 6.07) is 10.2. The van der Waals surface area contributed by atoms with Crippen LogP contribution < -0.4 is 10.2 Å². The van der Waals surface area contributed by atoms with E-state index in [2.05, 4.69) is 58.2 Å². The molecule has 1 saturated heterocycles. The van der Waals surface area contributed by atoms with Crippen molar-refractivity contribution < 1.29 is 14.2 Å². The molecule has 0 radical (unpaired) electrons. The fourth-order valence-electron chi connectivity index (χ4n) is 3.58. The summed E-state index contributed by atoms with van der Waals surface area (Å²) in [4.78, 5) is 13.2. The topological polar surface area (TPSA) is 83.3 Å². The van der Waals surface area contributed by atoms with Crippen LogP contribution in [0.5, 0.6) is 5.88 Å². The smallest absolute Gasteiger partial charge is 0.245 e. The number of fused-ring (bicyclic) bond motifs is 1. The van der Waals surface area contributed by atoms with Crippen LogP contribution in [-0.4, -0.2) is 69.2 Å². The van der Waals surface area contributed by atoms with Gasteiger partial charge >= 0.3 is 0 Å². The first-order valence-corrected chi connectivity index (χ1v) is 14.0. The van der Waals surface area contributed by atoms with Crippen LogP contribution in [-0.2, 0) is 16.1 Å². The van der Waals surface area contributed by atoms with E-state index in [0.29, 0.717) is 30.3 Å². The number of hydrogen-bond donors (Lipinski definition) is 1. The zero-order chi connectivity index (χ0) is 22.6. The molecule has 3 atom stereocenters. The minimum atomic E-state index is -0.634. The van der Waals surface area contributed by atoms with Crippen molar-refractivity contribution in [3.8, 4) is 5.88 Å². The van der Waals surface area contributed by atoms with Gasteiger partial charge in [-0.05, 0) is 30.8 Å². The number of ether oxygens (including phenoxy) is 3. The maximum absolute atomic E-state index is 6.23. The molecule has 0 bridgehead atoms. The standard InChI is InChI=1S/C23H33N5O3S/c1-5-18-13-19(30-14-17-9-7-6-8-10-17)22(31-18)27-28-16-26-20-21(28)24-15-25-23(20)29-11-12-32(2,3)4/h6-10,15-16,18-19,22,27H,5,11-14H2,1-4H3/t18?,19-,22+/m0/s1. The van der Waals surface area contributed by atoms with Crippen LogP contribution >= 0.6 is 10.0 Å². The third-order valence-corrected chi connectivity index (χ3v) is 6.83. The van der Waals surface area contributed by atoms with Gasteiger partial charge in [0.15, 0.2) is 17.4 Å². The quantitative estimate of drug-likeness (QED) is 0.496. The van der Waals surface area contributed by atoms with Crippen LogP contribution in [0.4, 0.5) is 0 Å². The lowest BCUT2D eigenvalue weighted by Gasteiger charge is -2.24. The highest BCUT2D eigenvalue weighted by atomic mass is 32.3. The van der Waals surface area contributed by atoms with Crippen molar-refractivity contribution in [2.75, 3.05) is 36.6 Å². The molecule has 0 spiro atoms. The molecule has 32 heavy (non-hydrogen) atoms. The molecule has 174 valence electrons. The Kier molecular flexibility index (Phi) is 7.17. The van der Waals surface area contributed by atoms with E-state index in [1.807, 2.05) is 18.2 Å². The fraction of sp³-hybridized carbons (Fsp3) is 0.522. The van der Waals surface area contributed by atoms with Gasteiger partial charge < -0.3 is 14.2 Å². The van der Waals surface area contributed by atoms with Gasteiger partial charge in [0.1, 0.15) is 18.8 Å². The molecule has 0 saturated carbocycles. The molecule has 1 aromatic carbocycles. The van der Waals surface area contributed by atoms with Crippen molar-refractivity contribution in [3.05, 3.63) is 48.5 Å². The molecule has 9 heteroatoms. The Hall–Kier alpha value is -2.36. The van der Waals surface area contributed by atoms with Crippen LogP contribution in [0, 0.1) is 0 Å². The maximum Gasteiger partial charge on any atom is 0.245 e. The third kappa shape index (κ3) is 5.70. The normalized spacial score (nSPS) is 21.7. The molecule has 1 unspecified atom stereocenters. The van der Waals surface area contributed by atoms with E-state index in [1.165, 1.54) is 6.33 Å². The van der Waals surface area contributed by atoms with Gasteiger partial charge in [-0.1, -0.05) is 37.3 Å². The van der Waals surface area contributed by atoms with E-state index in [-0.39, 0.29) is 18.4 Å². The lowest BCUT2D eigenvalue weighted by Crippen LogP contribution is -2.37. The molecule has 3 aromatic rings. The first kappa shape index (κ1) is 22.8. The highest BCUT2D eigenvalue weighted by Crippen LogP contribution is 2.34. The highest BCUT2D eigenvalue weighted by Gasteiger charge is 2.35. The van der Waals surface area contributed by atoms with Gasteiger partial charge in [-0.15, -0.1) is 0 Å². The molecule has 1 aliphatic heterocycles. The number of nitrogens with zero attached hydrogens (tertiary/aromatic N) is 4. The number of aromatic nitrogens is 4. The summed E-state index contributed by atoms with van der Waals surface area (Å²) >= 11 is 0. The number of hydrogen-bond acceptors (Lipinski definition) is 7. The minimum absolute atomic E-state index is 0.0788. The molecule has 0 amide bonds. The first-order chi connectivity index (χ1) is 15.4.